The van der Waals surface area contributed by atoms with Gasteiger partial charge < -0.3 is 9.55 Å². The first-order chi connectivity index (χ1) is 8.72. The van der Waals surface area contributed by atoms with Crippen molar-refractivity contribution in [2.24, 2.45) is 7.05 Å². The summed E-state index contributed by atoms with van der Waals surface area (Å²) in [7, 11) is 2.06. The molecule has 0 aliphatic rings. The lowest BCUT2D eigenvalue weighted by Gasteiger charge is -2.00. The van der Waals surface area contributed by atoms with Crippen molar-refractivity contribution in [2.75, 3.05) is 0 Å². The summed E-state index contributed by atoms with van der Waals surface area (Å²) < 4.78 is 2.17. The number of aryl methyl sites for hydroxylation is 1. The van der Waals surface area contributed by atoms with E-state index in [4.69, 9.17) is 0 Å². The molecule has 0 saturated carbocycles. The number of hydrogen-bond acceptors (Lipinski definition) is 1. The van der Waals surface area contributed by atoms with Gasteiger partial charge in [0, 0.05) is 34.9 Å². The largest absolute Gasteiger partial charge is 0.352 e. The Balaban J connectivity index is 2.34. The van der Waals surface area contributed by atoms with Crippen molar-refractivity contribution in [2.45, 2.75) is 6.92 Å². The van der Waals surface area contributed by atoms with Crippen LogP contribution < -0.4 is 0 Å². The second-order valence-corrected chi connectivity index (χ2v) is 4.48. The Hall–Kier alpha value is -2.29. The zero-order chi connectivity index (χ0) is 12.7. The van der Waals surface area contributed by atoms with Crippen molar-refractivity contribution in [3.63, 3.8) is 0 Å². The highest BCUT2D eigenvalue weighted by Gasteiger charge is 2.14. The van der Waals surface area contributed by atoms with Gasteiger partial charge in [0.1, 0.15) is 0 Å². The second kappa shape index (κ2) is 3.88. The number of nitrogens with one attached hydrogen (secondary N) is 1. The number of benzene rings is 1. The van der Waals surface area contributed by atoms with Gasteiger partial charge in [0.25, 0.3) is 0 Å². The lowest BCUT2D eigenvalue weighted by atomic mass is 10.1. The first-order valence-electron chi connectivity index (χ1n) is 5.91. The second-order valence-electron chi connectivity index (χ2n) is 4.48. The van der Waals surface area contributed by atoms with E-state index < -0.39 is 0 Å². The van der Waals surface area contributed by atoms with E-state index in [2.05, 4.69) is 35.7 Å². The van der Waals surface area contributed by atoms with Gasteiger partial charge in [-0.3, -0.25) is 4.79 Å². The summed E-state index contributed by atoms with van der Waals surface area (Å²) in [5.74, 6) is 0. The van der Waals surface area contributed by atoms with E-state index in [0.29, 0.717) is 5.69 Å². The molecule has 1 aromatic carbocycles. The minimum Gasteiger partial charge on any atom is -0.352 e. The third kappa shape index (κ3) is 1.40. The Kier molecular flexibility index (Phi) is 2.33. The molecule has 0 radical (unpaired) electrons. The Morgan fingerprint density at radius 3 is 2.67 bits per heavy atom. The summed E-state index contributed by atoms with van der Waals surface area (Å²) in [5.41, 5.74) is 5.16. The maximum atomic E-state index is 10.8. The molecule has 0 saturated heterocycles. The number of rotatable bonds is 2. The van der Waals surface area contributed by atoms with Crippen molar-refractivity contribution < 1.29 is 4.79 Å². The Bertz CT molecular complexity index is 734. The number of aromatic nitrogens is 2. The number of fused-ring (bicyclic) bond motifs is 1. The summed E-state index contributed by atoms with van der Waals surface area (Å²) in [6, 6.07) is 12.1. The number of carbonyl (C=O) groups is 1. The fourth-order valence-corrected chi connectivity index (χ4v) is 2.49. The van der Waals surface area contributed by atoms with Crippen molar-refractivity contribution in [1.29, 1.82) is 0 Å². The maximum absolute atomic E-state index is 10.8. The van der Waals surface area contributed by atoms with Crippen molar-refractivity contribution >= 4 is 17.2 Å². The molecule has 0 atom stereocenters. The molecule has 0 aliphatic carbocycles. The van der Waals surface area contributed by atoms with Crippen molar-refractivity contribution in [1.82, 2.24) is 9.55 Å². The normalized spacial score (nSPS) is 11.0. The molecule has 18 heavy (non-hydrogen) atoms. The summed E-state index contributed by atoms with van der Waals surface area (Å²) >= 11 is 0. The van der Waals surface area contributed by atoms with Gasteiger partial charge in [-0.25, -0.2) is 0 Å². The van der Waals surface area contributed by atoms with Gasteiger partial charge in [0.2, 0.25) is 0 Å². The molecule has 0 amide bonds. The van der Waals surface area contributed by atoms with E-state index in [1.165, 1.54) is 22.2 Å². The Morgan fingerprint density at radius 2 is 1.94 bits per heavy atom. The monoisotopic (exact) mass is 238 g/mol. The summed E-state index contributed by atoms with van der Waals surface area (Å²) in [6.45, 7) is 2.09. The van der Waals surface area contributed by atoms with Gasteiger partial charge in [-0.05, 0) is 25.1 Å². The van der Waals surface area contributed by atoms with Crippen LogP contribution in [0, 0.1) is 6.92 Å². The number of carbonyl (C=O) groups excluding carboxylic acids is 1. The fraction of sp³-hybridized carbons (Fsp3) is 0.133. The van der Waals surface area contributed by atoms with Gasteiger partial charge in [-0.2, -0.15) is 0 Å². The predicted octanol–water partition coefficient (Wildman–Crippen LogP) is 3.29. The smallest absolute Gasteiger partial charge is 0.166 e. The summed E-state index contributed by atoms with van der Waals surface area (Å²) in [5, 5.41) is 1.21. The first-order valence-corrected chi connectivity index (χ1v) is 5.91. The predicted molar refractivity (Wildman–Crippen MR) is 72.8 cm³/mol. The van der Waals surface area contributed by atoms with E-state index in [0.717, 1.165) is 12.0 Å². The maximum Gasteiger partial charge on any atom is 0.166 e. The molecule has 2 aromatic heterocycles. The molecule has 3 nitrogen and oxygen atoms in total. The minimum atomic E-state index is 0.609. The molecular weight excluding hydrogens is 224 g/mol. The topological polar surface area (TPSA) is 37.8 Å². The van der Waals surface area contributed by atoms with Crippen LogP contribution in [-0.2, 0) is 7.05 Å². The summed E-state index contributed by atoms with van der Waals surface area (Å²) in [4.78, 5) is 13.9. The molecule has 2 heterocycles. The fourth-order valence-electron chi connectivity index (χ4n) is 2.49. The Labute approximate surface area is 105 Å². The zero-order valence-electron chi connectivity index (χ0n) is 10.4. The third-order valence-electron chi connectivity index (χ3n) is 3.50. The van der Waals surface area contributed by atoms with Crippen molar-refractivity contribution in [3.8, 4) is 11.3 Å². The first kappa shape index (κ1) is 10.8. The van der Waals surface area contributed by atoms with Gasteiger partial charge in [0.15, 0.2) is 6.29 Å². The average molecular weight is 238 g/mol. The van der Waals surface area contributed by atoms with Crippen LogP contribution in [0.1, 0.15) is 16.2 Å². The van der Waals surface area contributed by atoms with Crippen LogP contribution >= 0.6 is 0 Å². The standard InChI is InChI=1S/C15H14N2O/c1-10-15(13-8-7-11(9-18)16-13)12-5-3-4-6-14(12)17(10)2/h3-9,16H,1-2H3. The zero-order valence-corrected chi connectivity index (χ0v) is 10.4. The highest BCUT2D eigenvalue weighted by molar-refractivity contribution is 5.97. The molecular formula is C15H14N2O. The molecule has 3 rings (SSSR count). The molecule has 0 unspecified atom stereocenters. The number of nitrogens with zero attached hydrogens (tertiary/aromatic N) is 1. The molecule has 0 bridgehead atoms. The summed E-state index contributed by atoms with van der Waals surface area (Å²) in [6.07, 6.45) is 0.837. The van der Waals surface area contributed by atoms with Crippen LogP contribution in [0.15, 0.2) is 36.4 Å². The Morgan fingerprint density at radius 1 is 1.17 bits per heavy atom. The number of hydrogen-bond donors (Lipinski definition) is 1. The average Bonchev–Trinajstić information content (AvgIpc) is 2.95. The van der Waals surface area contributed by atoms with E-state index in [1.54, 1.807) is 0 Å². The lowest BCUT2D eigenvalue weighted by Crippen LogP contribution is -1.90. The van der Waals surface area contributed by atoms with Crippen LogP contribution in [0.2, 0.25) is 0 Å². The molecule has 90 valence electrons. The molecule has 3 aromatic rings. The van der Waals surface area contributed by atoms with Gasteiger partial charge >= 0.3 is 0 Å². The number of aldehydes is 1. The highest BCUT2D eigenvalue weighted by atomic mass is 16.1. The van der Waals surface area contributed by atoms with E-state index in [1.807, 2.05) is 24.3 Å². The number of para-hydroxylation sites is 1. The molecule has 3 heteroatoms. The van der Waals surface area contributed by atoms with Crippen LogP contribution in [-0.4, -0.2) is 15.8 Å². The number of H-pyrrole nitrogens is 1. The molecule has 0 spiro atoms. The minimum absolute atomic E-state index is 0.609. The molecule has 0 fully saturated rings. The number of aromatic amines is 1. The highest BCUT2D eigenvalue weighted by Crippen LogP contribution is 2.33. The van der Waals surface area contributed by atoms with E-state index >= 15 is 0 Å². The van der Waals surface area contributed by atoms with Gasteiger partial charge in [0.05, 0.1) is 5.69 Å². The molecule has 0 aliphatic heterocycles. The van der Waals surface area contributed by atoms with Gasteiger partial charge in [-0.15, -0.1) is 0 Å². The van der Waals surface area contributed by atoms with Crippen LogP contribution in [0.25, 0.3) is 22.2 Å². The molecule has 1 N–H and O–H groups in total. The van der Waals surface area contributed by atoms with E-state index in [-0.39, 0.29) is 0 Å². The SMILES string of the molecule is Cc1c(-c2ccc(C=O)[nH]2)c2ccccc2n1C. The van der Waals surface area contributed by atoms with Crippen LogP contribution in [0.5, 0.6) is 0 Å². The lowest BCUT2D eigenvalue weighted by molar-refractivity contribution is 0.111. The van der Waals surface area contributed by atoms with Crippen molar-refractivity contribution in [3.05, 3.63) is 47.8 Å². The van der Waals surface area contributed by atoms with Gasteiger partial charge in [-0.1, -0.05) is 18.2 Å². The van der Waals surface area contributed by atoms with Crippen LogP contribution in [0.3, 0.4) is 0 Å². The quantitative estimate of drug-likeness (QED) is 0.683. The van der Waals surface area contributed by atoms with E-state index in [9.17, 15) is 4.79 Å². The van der Waals surface area contributed by atoms with Crippen LogP contribution in [0.4, 0.5) is 0 Å². The third-order valence-corrected chi connectivity index (χ3v) is 3.50.